The summed E-state index contributed by atoms with van der Waals surface area (Å²) < 4.78 is 19.6. The van der Waals surface area contributed by atoms with E-state index in [4.69, 9.17) is 10.5 Å². The molecular weight excluding hydrogens is 216 g/mol. The van der Waals surface area contributed by atoms with Crippen LogP contribution in [0.25, 0.3) is 0 Å². The second kappa shape index (κ2) is 3.32. The third-order valence-electron chi connectivity index (χ3n) is 1.97. The molecule has 0 aromatic carbocycles. The Balaban J connectivity index is 3.33. The van der Waals surface area contributed by atoms with Gasteiger partial charge in [0.25, 0.3) is 0 Å². The highest BCUT2D eigenvalue weighted by Gasteiger charge is 2.21. The largest absolute Gasteiger partial charge is 0.322 e. The summed E-state index contributed by atoms with van der Waals surface area (Å²) in [6, 6.07) is 1.80. The van der Waals surface area contributed by atoms with Gasteiger partial charge >= 0.3 is 0 Å². The van der Waals surface area contributed by atoms with E-state index in [2.05, 4.69) is 0 Å². The summed E-state index contributed by atoms with van der Waals surface area (Å²) in [5.74, 6) is 0. The van der Waals surface area contributed by atoms with Crippen LogP contribution in [0.4, 0.5) is 0 Å². The van der Waals surface area contributed by atoms with Gasteiger partial charge in [0.2, 0.25) is 0 Å². The van der Waals surface area contributed by atoms with Crippen molar-refractivity contribution in [1.82, 2.24) is 0 Å². The quantitative estimate of drug-likeness (QED) is 0.821. The number of hydrogen-bond acceptors (Lipinski definition) is 4. The molecule has 1 heterocycles. The highest BCUT2D eigenvalue weighted by molar-refractivity contribution is 7.93. The Morgan fingerprint density at radius 3 is 2.29 bits per heavy atom. The van der Waals surface area contributed by atoms with Crippen molar-refractivity contribution in [1.29, 1.82) is 4.78 Å². The third kappa shape index (κ3) is 2.34. The molecule has 0 fully saturated rings. The van der Waals surface area contributed by atoms with E-state index in [1.54, 1.807) is 6.07 Å². The van der Waals surface area contributed by atoms with Crippen molar-refractivity contribution in [2.45, 2.75) is 30.5 Å². The summed E-state index contributed by atoms with van der Waals surface area (Å²) in [4.78, 5) is 1.05. The van der Waals surface area contributed by atoms with Gasteiger partial charge in [-0.05, 0) is 32.4 Å². The molecule has 3 N–H and O–H groups in total. The summed E-state index contributed by atoms with van der Waals surface area (Å²) in [6.45, 7) is 5.77. The minimum Gasteiger partial charge on any atom is -0.322 e. The molecule has 0 saturated carbocycles. The van der Waals surface area contributed by atoms with E-state index in [-0.39, 0.29) is 0 Å². The van der Waals surface area contributed by atoms with Crippen LogP contribution >= 0.6 is 11.3 Å². The van der Waals surface area contributed by atoms with Crippen molar-refractivity contribution >= 4 is 21.1 Å². The molecule has 1 aromatic rings. The van der Waals surface area contributed by atoms with E-state index >= 15 is 0 Å². The Bertz CT molecular complexity index is 438. The van der Waals surface area contributed by atoms with Crippen molar-refractivity contribution < 1.29 is 4.21 Å². The SMILES string of the molecule is Cc1sc(S(C)(=N)=O)cc1C(C)(C)N. The minimum absolute atomic E-state index is 0.427. The van der Waals surface area contributed by atoms with Gasteiger partial charge in [0.15, 0.2) is 0 Å². The maximum atomic E-state index is 11.5. The number of thiophene rings is 1. The highest BCUT2D eigenvalue weighted by atomic mass is 32.2. The third-order valence-corrected chi connectivity index (χ3v) is 4.91. The second-order valence-electron chi connectivity index (χ2n) is 4.10. The van der Waals surface area contributed by atoms with Gasteiger partial charge in [0, 0.05) is 16.7 Å². The van der Waals surface area contributed by atoms with Gasteiger partial charge in [0.1, 0.15) is 0 Å². The van der Waals surface area contributed by atoms with E-state index in [1.165, 1.54) is 17.6 Å². The number of nitrogens with two attached hydrogens (primary N) is 1. The lowest BCUT2D eigenvalue weighted by Crippen LogP contribution is -2.28. The van der Waals surface area contributed by atoms with E-state index in [0.717, 1.165) is 10.4 Å². The smallest absolute Gasteiger partial charge is 0.0998 e. The number of aryl methyl sites for hydroxylation is 1. The fraction of sp³-hybridized carbons (Fsp3) is 0.556. The van der Waals surface area contributed by atoms with Crippen LogP contribution in [0.2, 0.25) is 0 Å². The summed E-state index contributed by atoms with van der Waals surface area (Å²) in [7, 11) is -2.60. The molecule has 5 heteroatoms. The summed E-state index contributed by atoms with van der Waals surface area (Å²) in [6.07, 6.45) is 1.44. The molecule has 0 saturated heterocycles. The molecule has 0 spiro atoms. The Labute approximate surface area is 89.3 Å². The summed E-state index contributed by atoms with van der Waals surface area (Å²) in [5.41, 5.74) is 6.53. The molecule has 3 nitrogen and oxygen atoms in total. The van der Waals surface area contributed by atoms with E-state index < -0.39 is 15.3 Å². The van der Waals surface area contributed by atoms with Crippen LogP contribution in [0, 0.1) is 11.7 Å². The summed E-state index contributed by atoms with van der Waals surface area (Å²) >= 11 is 1.41. The molecule has 0 bridgehead atoms. The molecule has 0 radical (unpaired) electrons. The van der Waals surface area contributed by atoms with E-state index in [9.17, 15) is 4.21 Å². The maximum Gasteiger partial charge on any atom is 0.0998 e. The van der Waals surface area contributed by atoms with Gasteiger partial charge in [-0.15, -0.1) is 11.3 Å². The van der Waals surface area contributed by atoms with Gasteiger partial charge in [-0.3, -0.25) is 0 Å². The normalized spacial score (nSPS) is 16.6. The monoisotopic (exact) mass is 232 g/mol. The number of nitrogens with one attached hydrogen (secondary N) is 1. The fourth-order valence-electron chi connectivity index (χ4n) is 1.29. The number of hydrogen-bond donors (Lipinski definition) is 2. The first kappa shape index (κ1) is 11.7. The van der Waals surface area contributed by atoms with Gasteiger partial charge in [-0.1, -0.05) is 0 Å². The van der Waals surface area contributed by atoms with Crippen LogP contribution in [0.15, 0.2) is 10.3 Å². The molecule has 1 atom stereocenters. The Morgan fingerprint density at radius 1 is 1.57 bits per heavy atom. The predicted octanol–water partition coefficient (Wildman–Crippen LogP) is 2.29. The average molecular weight is 232 g/mol. The van der Waals surface area contributed by atoms with E-state index in [1.807, 2.05) is 20.8 Å². The Morgan fingerprint density at radius 2 is 2.07 bits per heavy atom. The lowest BCUT2D eigenvalue weighted by atomic mass is 9.97. The van der Waals surface area contributed by atoms with Crippen molar-refractivity contribution in [2.24, 2.45) is 5.73 Å². The topological polar surface area (TPSA) is 66.9 Å². The second-order valence-corrected chi connectivity index (χ2v) is 7.74. The first-order valence-corrected chi connectivity index (χ1v) is 7.04. The molecule has 0 amide bonds. The standard InChI is InChI=1S/C9H16N2OS2/c1-6-7(9(2,3)10)5-8(13-6)14(4,11)12/h5,11H,10H2,1-4H3. The molecule has 0 aliphatic rings. The lowest BCUT2D eigenvalue weighted by molar-refractivity contribution is 0.553. The average Bonchev–Trinajstić information content (AvgIpc) is 2.27. The number of rotatable bonds is 2. The zero-order valence-electron chi connectivity index (χ0n) is 8.88. The fourth-order valence-corrected chi connectivity index (χ4v) is 3.55. The molecule has 1 unspecified atom stereocenters. The lowest BCUT2D eigenvalue weighted by Gasteiger charge is -2.18. The maximum absolute atomic E-state index is 11.5. The summed E-state index contributed by atoms with van der Waals surface area (Å²) in [5, 5.41) is 0. The van der Waals surface area contributed by atoms with Crippen LogP contribution in [0.1, 0.15) is 24.3 Å². The van der Waals surface area contributed by atoms with Crippen molar-refractivity contribution in [3.05, 3.63) is 16.5 Å². The van der Waals surface area contributed by atoms with Crippen LogP contribution in [0.3, 0.4) is 0 Å². The molecule has 0 aliphatic heterocycles. The molecular formula is C9H16N2OS2. The molecule has 1 rings (SSSR count). The minimum atomic E-state index is -2.60. The van der Waals surface area contributed by atoms with Gasteiger partial charge in [0.05, 0.1) is 13.9 Å². The van der Waals surface area contributed by atoms with Gasteiger partial charge in [-0.2, -0.15) is 0 Å². The van der Waals surface area contributed by atoms with Crippen LogP contribution in [-0.2, 0) is 15.3 Å². The molecule has 0 aliphatic carbocycles. The van der Waals surface area contributed by atoms with Gasteiger partial charge < -0.3 is 5.73 Å². The zero-order chi connectivity index (χ0) is 11.1. The van der Waals surface area contributed by atoms with Crippen molar-refractivity contribution in [2.75, 3.05) is 6.26 Å². The first-order chi connectivity index (χ1) is 6.12. The predicted molar refractivity (Wildman–Crippen MR) is 61.3 cm³/mol. The Kier molecular flexibility index (Phi) is 2.77. The van der Waals surface area contributed by atoms with Crippen LogP contribution in [0.5, 0.6) is 0 Å². The van der Waals surface area contributed by atoms with Crippen molar-refractivity contribution in [3.63, 3.8) is 0 Å². The molecule has 14 heavy (non-hydrogen) atoms. The first-order valence-electron chi connectivity index (χ1n) is 4.26. The molecule has 1 aromatic heterocycles. The van der Waals surface area contributed by atoms with Gasteiger partial charge in [-0.25, -0.2) is 8.99 Å². The highest BCUT2D eigenvalue weighted by Crippen LogP contribution is 2.31. The van der Waals surface area contributed by atoms with Crippen LogP contribution < -0.4 is 5.73 Å². The van der Waals surface area contributed by atoms with E-state index in [0.29, 0.717) is 4.21 Å². The Hall–Kier alpha value is -0.390. The van der Waals surface area contributed by atoms with Crippen LogP contribution in [-0.4, -0.2) is 10.5 Å². The van der Waals surface area contributed by atoms with Crippen molar-refractivity contribution in [3.8, 4) is 0 Å². The zero-order valence-corrected chi connectivity index (χ0v) is 10.5. The molecule has 80 valence electrons.